The van der Waals surface area contributed by atoms with Crippen LogP contribution in [-0.2, 0) is 18.9 Å². The number of halogens is 6. The Balaban J connectivity index is 1.98. The molecule has 0 unspecified atom stereocenters. The first-order chi connectivity index (χ1) is 11.6. The molecule has 0 aliphatic rings. The van der Waals surface area contributed by atoms with E-state index in [9.17, 15) is 26.3 Å². The average Bonchev–Trinajstić information content (AvgIpc) is 2.82. The molecule has 0 aliphatic heterocycles. The highest BCUT2D eigenvalue weighted by atomic mass is 19.4. The number of nitrogens with zero attached hydrogens (tertiary/aromatic N) is 2. The number of fused-ring (bicyclic) bond motifs is 1. The summed E-state index contributed by atoms with van der Waals surface area (Å²) in [6.07, 6.45) is -8.92. The summed E-state index contributed by atoms with van der Waals surface area (Å²) in [5, 5.41) is 4.78. The van der Waals surface area contributed by atoms with Gasteiger partial charge in [-0.2, -0.15) is 31.4 Å². The van der Waals surface area contributed by atoms with E-state index in [0.29, 0.717) is 16.6 Å². The van der Waals surface area contributed by atoms with Gasteiger partial charge in [0.15, 0.2) is 0 Å². The molecule has 8 heteroatoms. The maximum atomic E-state index is 12.9. The van der Waals surface area contributed by atoms with Crippen molar-refractivity contribution in [2.75, 3.05) is 0 Å². The fraction of sp³-hybridized carbons (Fsp3) is 0.235. The molecule has 0 amide bonds. The molecule has 1 aromatic heterocycles. The lowest BCUT2D eigenvalue weighted by atomic mass is 10.1. The molecule has 2 nitrogen and oxygen atoms in total. The quantitative estimate of drug-likeness (QED) is 0.559. The van der Waals surface area contributed by atoms with Gasteiger partial charge in [0.2, 0.25) is 0 Å². The summed E-state index contributed by atoms with van der Waals surface area (Å²) in [6, 6.07) is 7.80. The standard InChI is InChI=1S/C17H12F6N2/c1-10-14-7-6-13(17(21,22)23)8-15(14)25(24-10)9-11-2-4-12(5-3-11)16(18,19)20/h2-8H,9H2,1H3. The van der Waals surface area contributed by atoms with E-state index < -0.39 is 23.5 Å². The number of rotatable bonds is 2. The lowest BCUT2D eigenvalue weighted by Gasteiger charge is -2.09. The van der Waals surface area contributed by atoms with E-state index in [1.165, 1.54) is 22.9 Å². The Morgan fingerprint density at radius 1 is 0.840 bits per heavy atom. The Labute approximate surface area is 138 Å². The molecule has 1 heterocycles. The Bertz CT molecular complexity index is 904. The molecular formula is C17H12F6N2. The topological polar surface area (TPSA) is 17.8 Å². The van der Waals surface area contributed by atoms with Gasteiger partial charge in [-0.3, -0.25) is 4.68 Å². The summed E-state index contributed by atoms with van der Waals surface area (Å²) in [4.78, 5) is 0. The number of benzene rings is 2. The van der Waals surface area contributed by atoms with Crippen LogP contribution in [-0.4, -0.2) is 9.78 Å². The Hall–Kier alpha value is -2.51. The molecule has 0 saturated carbocycles. The summed E-state index contributed by atoms with van der Waals surface area (Å²) in [5.74, 6) is 0. The monoisotopic (exact) mass is 358 g/mol. The average molecular weight is 358 g/mol. The summed E-state index contributed by atoms with van der Waals surface area (Å²) >= 11 is 0. The third-order valence-electron chi connectivity index (χ3n) is 3.88. The highest BCUT2D eigenvalue weighted by molar-refractivity contribution is 5.82. The minimum Gasteiger partial charge on any atom is -0.260 e. The molecule has 0 atom stereocenters. The van der Waals surface area contributed by atoms with Crippen molar-refractivity contribution in [1.82, 2.24) is 9.78 Å². The van der Waals surface area contributed by atoms with Crippen molar-refractivity contribution >= 4 is 10.9 Å². The number of hydrogen-bond acceptors (Lipinski definition) is 1. The summed E-state index contributed by atoms with van der Waals surface area (Å²) in [5.41, 5.74) is -0.233. The molecule has 2 aromatic carbocycles. The van der Waals surface area contributed by atoms with Crippen LogP contribution in [0.5, 0.6) is 0 Å². The van der Waals surface area contributed by atoms with Crippen LogP contribution in [0.1, 0.15) is 22.4 Å². The van der Waals surface area contributed by atoms with Gasteiger partial charge in [-0.1, -0.05) is 18.2 Å². The minimum absolute atomic E-state index is 0.0732. The van der Waals surface area contributed by atoms with Crippen molar-refractivity contribution in [3.05, 3.63) is 64.8 Å². The molecule has 132 valence electrons. The molecule has 0 bridgehead atoms. The molecule has 0 fully saturated rings. The van der Waals surface area contributed by atoms with E-state index in [1.54, 1.807) is 6.92 Å². The lowest BCUT2D eigenvalue weighted by Crippen LogP contribution is -2.07. The van der Waals surface area contributed by atoms with Gasteiger partial charge in [-0.15, -0.1) is 0 Å². The van der Waals surface area contributed by atoms with E-state index in [-0.39, 0.29) is 12.1 Å². The van der Waals surface area contributed by atoms with Gasteiger partial charge in [0, 0.05) is 5.39 Å². The van der Waals surface area contributed by atoms with Crippen molar-refractivity contribution in [2.45, 2.75) is 25.8 Å². The van der Waals surface area contributed by atoms with Crippen LogP contribution in [0.15, 0.2) is 42.5 Å². The first-order valence-corrected chi connectivity index (χ1v) is 7.26. The van der Waals surface area contributed by atoms with Crippen LogP contribution in [0.25, 0.3) is 10.9 Å². The SMILES string of the molecule is Cc1nn(Cc2ccc(C(F)(F)F)cc2)c2cc(C(F)(F)F)ccc12. The highest BCUT2D eigenvalue weighted by Gasteiger charge is 2.31. The van der Waals surface area contributed by atoms with Crippen LogP contribution in [0, 0.1) is 6.92 Å². The summed E-state index contributed by atoms with van der Waals surface area (Å²) in [6.45, 7) is 1.74. The zero-order chi connectivity index (χ0) is 18.4. The van der Waals surface area contributed by atoms with Crippen molar-refractivity contribution in [3.8, 4) is 0 Å². The van der Waals surface area contributed by atoms with Gasteiger partial charge in [-0.05, 0) is 36.8 Å². The van der Waals surface area contributed by atoms with Crippen LogP contribution < -0.4 is 0 Å². The van der Waals surface area contributed by atoms with Gasteiger partial charge in [0.1, 0.15) is 0 Å². The highest BCUT2D eigenvalue weighted by Crippen LogP contribution is 2.33. The first kappa shape index (κ1) is 17.3. The fourth-order valence-electron chi connectivity index (χ4n) is 2.61. The zero-order valence-corrected chi connectivity index (χ0v) is 12.9. The molecular weight excluding hydrogens is 346 g/mol. The molecule has 0 N–H and O–H groups in total. The smallest absolute Gasteiger partial charge is 0.260 e. The Morgan fingerprint density at radius 3 is 1.96 bits per heavy atom. The van der Waals surface area contributed by atoms with Crippen LogP contribution >= 0.6 is 0 Å². The van der Waals surface area contributed by atoms with E-state index in [1.807, 2.05) is 0 Å². The predicted octanol–water partition coefficient (Wildman–Crippen LogP) is 5.43. The number of alkyl halides is 6. The van der Waals surface area contributed by atoms with Crippen molar-refractivity contribution in [3.63, 3.8) is 0 Å². The molecule has 3 aromatic rings. The van der Waals surface area contributed by atoms with Gasteiger partial charge < -0.3 is 0 Å². The molecule has 0 radical (unpaired) electrons. The maximum absolute atomic E-state index is 12.9. The third-order valence-corrected chi connectivity index (χ3v) is 3.88. The molecule has 0 saturated heterocycles. The molecule has 0 aliphatic carbocycles. The van der Waals surface area contributed by atoms with Crippen molar-refractivity contribution in [2.24, 2.45) is 0 Å². The third kappa shape index (κ3) is 3.47. The Kier molecular flexibility index (Phi) is 4.01. The first-order valence-electron chi connectivity index (χ1n) is 7.26. The van der Waals surface area contributed by atoms with E-state index in [0.717, 1.165) is 24.3 Å². The number of hydrogen-bond donors (Lipinski definition) is 0. The molecule has 3 rings (SSSR count). The second kappa shape index (κ2) is 5.79. The minimum atomic E-state index is -4.48. The fourth-order valence-corrected chi connectivity index (χ4v) is 2.61. The second-order valence-electron chi connectivity index (χ2n) is 5.67. The van der Waals surface area contributed by atoms with E-state index in [4.69, 9.17) is 0 Å². The van der Waals surface area contributed by atoms with Gasteiger partial charge >= 0.3 is 12.4 Å². The predicted molar refractivity (Wildman–Crippen MR) is 80.0 cm³/mol. The van der Waals surface area contributed by atoms with Gasteiger partial charge in [0.25, 0.3) is 0 Å². The number of aryl methyl sites for hydroxylation is 1. The normalized spacial score (nSPS) is 12.8. The Morgan fingerprint density at radius 2 is 1.40 bits per heavy atom. The largest absolute Gasteiger partial charge is 0.416 e. The van der Waals surface area contributed by atoms with Crippen molar-refractivity contribution in [1.29, 1.82) is 0 Å². The summed E-state index contributed by atoms with van der Waals surface area (Å²) in [7, 11) is 0. The molecule has 0 spiro atoms. The van der Waals surface area contributed by atoms with Gasteiger partial charge in [-0.25, -0.2) is 0 Å². The van der Waals surface area contributed by atoms with Gasteiger partial charge in [0.05, 0.1) is 28.9 Å². The number of aromatic nitrogens is 2. The van der Waals surface area contributed by atoms with E-state index in [2.05, 4.69) is 5.10 Å². The van der Waals surface area contributed by atoms with Crippen molar-refractivity contribution < 1.29 is 26.3 Å². The van der Waals surface area contributed by atoms with E-state index >= 15 is 0 Å². The lowest BCUT2D eigenvalue weighted by molar-refractivity contribution is -0.138. The van der Waals surface area contributed by atoms with Crippen LogP contribution in [0.3, 0.4) is 0 Å². The maximum Gasteiger partial charge on any atom is 0.416 e. The molecule has 25 heavy (non-hydrogen) atoms. The zero-order valence-electron chi connectivity index (χ0n) is 12.9. The van der Waals surface area contributed by atoms with Crippen LogP contribution in [0.2, 0.25) is 0 Å². The second-order valence-corrected chi connectivity index (χ2v) is 5.67. The van der Waals surface area contributed by atoms with Crippen LogP contribution in [0.4, 0.5) is 26.3 Å². The summed E-state index contributed by atoms with van der Waals surface area (Å²) < 4.78 is 77.8.